The van der Waals surface area contributed by atoms with E-state index in [4.69, 9.17) is 9.47 Å². The molecule has 0 aromatic carbocycles. The van der Waals surface area contributed by atoms with Crippen LogP contribution in [0.3, 0.4) is 0 Å². The first kappa shape index (κ1) is 15.2. The van der Waals surface area contributed by atoms with Gasteiger partial charge in [0.1, 0.15) is 0 Å². The number of carbonyl (C=O) groups is 1. The number of piperazine rings is 1. The Balaban J connectivity index is 1.54. The van der Waals surface area contributed by atoms with Gasteiger partial charge in [-0.05, 0) is 12.8 Å². The first-order valence-electron chi connectivity index (χ1n) is 7.75. The van der Waals surface area contributed by atoms with E-state index in [0.29, 0.717) is 11.6 Å². The van der Waals surface area contributed by atoms with Crippen LogP contribution in [0.1, 0.15) is 23.2 Å². The highest BCUT2D eigenvalue weighted by atomic mass is 16.5. The number of aromatic nitrogens is 2. The van der Waals surface area contributed by atoms with E-state index in [1.165, 1.54) is 19.5 Å². The molecule has 3 rings (SSSR count). The van der Waals surface area contributed by atoms with Crippen molar-refractivity contribution in [1.29, 1.82) is 0 Å². The van der Waals surface area contributed by atoms with Gasteiger partial charge in [-0.3, -0.25) is 9.69 Å². The van der Waals surface area contributed by atoms with Gasteiger partial charge in [0.25, 0.3) is 5.91 Å². The molecule has 2 aliphatic rings. The second-order valence-corrected chi connectivity index (χ2v) is 5.63. The zero-order valence-corrected chi connectivity index (χ0v) is 12.9. The molecule has 2 fully saturated rings. The molecule has 1 aromatic heterocycles. The third-order valence-electron chi connectivity index (χ3n) is 4.37. The summed E-state index contributed by atoms with van der Waals surface area (Å²) in [7, 11) is 1.51. The Morgan fingerprint density at radius 1 is 1.18 bits per heavy atom. The molecule has 0 spiro atoms. The predicted molar refractivity (Wildman–Crippen MR) is 79.9 cm³/mol. The molecule has 22 heavy (non-hydrogen) atoms. The maximum absolute atomic E-state index is 12.4. The highest BCUT2D eigenvalue weighted by molar-refractivity contribution is 5.93. The highest BCUT2D eigenvalue weighted by Gasteiger charge is 2.27. The number of amides is 1. The molecule has 2 saturated heterocycles. The van der Waals surface area contributed by atoms with Crippen molar-refractivity contribution in [3.63, 3.8) is 0 Å². The molecule has 7 heteroatoms. The van der Waals surface area contributed by atoms with Crippen molar-refractivity contribution in [3.8, 4) is 6.01 Å². The Morgan fingerprint density at radius 2 is 1.82 bits per heavy atom. The summed E-state index contributed by atoms with van der Waals surface area (Å²) in [5.41, 5.74) is 0.514. The van der Waals surface area contributed by atoms with Crippen LogP contribution < -0.4 is 4.74 Å². The monoisotopic (exact) mass is 306 g/mol. The summed E-state index contributed by atoms with van der Waals surface area (Å²) in [5, 5.41) is 0. The molecule has 0 saturated carbocycles. The van der Waals surface area contributed by atoms with E-state index in [0.717, 1.165) is 52.2 Å². The van der Waals surface area contributed by atoms with Crippen LogP contribution in [0, 0.1) is 0 Å². The molecule has 2 aliphatic heterocycles. The van der Waals surface area contributed by atoms with Crippen molar-refractivity contribution in [3.05, 3.63) is 18.0 Å². The zero-order chi connectivity index (χ0) is 15.4. The third-order valence-corrected chi connectivity index (χ3v) is 4.37. The van der Waals surface area contributed by atoms with E-state index >= 15 is 0 Å². The molecule has 3 heterocycles. The summed E-state index contributed by atoms with van der Waals surface area (Å²) < 4.78 is 10.3. The van der Waals surface area contributed by atoms with Crippen LogP contribution in [-0.4, -0.2) is 78.2 Å². The minimum atomic E-state index is -0.00530. The molecule has 1 amide bonds. The third kappa shape index (κ3) is 3.36. The summed E-state index contributed by atoms with van der Waals surface area (Å²) >= 11 is 0. The van der Waals surface area contributed by atoms with E-state index in [1.54, 1.807) is 0 Å². The van der Waals surface area contributed by atoms with E-state index in [1.807, 2.05) is 4.90 Å². The Labute approximate surface area is 130 Å². The average molecular weight is 306 g/mol. The first-order valence-corrected chi connectivity index (χ1v) is 7.75. The van der Waals surface area contributed by atoms with Gasteiger partial charge in [-0.1, -0.05) is 0 Å². The molecule has 7 nitrogen and oxygen atoms in total. The quantitative estimate of drug-likeness (QED) is 0.806. The SMILES string of the molecule is COc1ncc(C(=O)N2CCN(C3CCOCC3)CC2)cn1. The Bertz CT molecular complexity index is 494. The zero-order valence-electron chi connectivity index (χ0n) is 12.9. The van der Waals surface area contributed by atoms with E-state index < -0.39 is 0 Å². The van der Waals surface area contributed by atoms with Gasteiger partial charge in [0.05, 0.1) is 12.7 Å². The van der Waals surface area contributed by atoms with E-state index in [9.17, 15) is 4.79 Å². The average Bonchev–Trinajstić information content (AvgIpc) is 2.62. The van der Waals surface area contributed by atoms with Crippen molar-refractivity contribution < 1.29 is 14.3 Å². The fourth-order valence-corrected chi connectivity index (χ4v) is 3.06. The van der Waals surface area contributed by atoms with Crippen LogP contribution in [0.5, 0.6) is 6.01 Å². The van der Waals surface area contributed by atoms with E-state index in [2.05, 4.69) is 14.9 Å². The molecular weight excluding hydrogens is 284 g/mol. The van der Waals surface area contributed by atoms with Crippen LogP contribution in [0.15, 0.2) is 12.4 Å². The molecule has 0 radical (unpaired) electrons. The fourth-order valence-electron chi connectivity index (χ4n) is 3.06. The molecular formula is C15H22N4O3. The number of nitrogens with zero attached hydrogens (tertiary/aromatic N) is 4. The normalized spacial score (nSPS) is 20.9. The van der Waals surface area contributed by atoms with Gasteiger partial charge in [0.2, 0.25) is 0 Å². The van der Waals surface area contributed by atoms with Crippen LogP contribution >= 0.6 is 0 Å². The van der Waals surface area contributed by atoms with Crippen molar-refractivity contribution in [2.45, 2.75) is 18.9 Å². The standard InChI is InChI=1S/C15H22N4O3/c1-21-15-16-10-12(11-17-15)14(20)19-6-4-18(5-7-19)13-2-8-22-9-3-13/h10-11,13H,2-9H2,1H3. The van der Waals surface area contributed by atoms with Crippen LogP contribution in [0.25, 0.3) is 0 Å². The molecule has 1 aromatic rings. The summed E-state index contributed by atoms with van der Waals surface area (Å²) in [6, 6.07) is 0.885. The molecule has 120 valence electrons. The van der Waals surface area contributed by atoms with E-state index in [-0.39, 0.29) is 11.9 Å². The summed E-state index contributed by atoms with van der Waals surface area (Å²) in [6.07, 6.45) is 5.25. The van der Waals surface area contributed by atoms with Gasteiger partial charge in [0.15, 0.2) is 0 Å². The topological polar surface area (TPSA) is 67.8 Å². The maximum atomic E-state index is 12.4. The second kappa shape index (κ2) is 7.02. The van der Waals surface area contributed by atoms with Gasteiger partial charge in [-0.2, -0.15) is 0 Å². The molecule has 0 unspecified atom stereocenters. The van der Waals surface area contributed by atoms with Gasteiger partial charge >= 0.3 is 6.01 Å². The molecule has 0 bridgehead atoms. The Hall–Kier alpha value is -1.73. The lowest BCUT2D eigenvalue weighted by Crippen LogP contribution is -2.53. The van der Waals surface area contributed by atoms with Gasteiger partial charge in [-0.25, -0.2) is 9.97 Å². The van der Waals surface area contributed by atoms with Gasteiger partial charge in [-0.15, -0.1) is 0 Å². The molecule has 0 atom stereocenters. The number of hydrogen-bond acceptors (Lipinski definition) is 6. The Kier molecular flexibility index (Phi) is 4.84. The van der Waals surface area contributed by atoms with Gasteiger partial charge in [0, 0.05) is 57.8 Å². The second-order valence-electron chi connectivity index (χ2n) is 5.63. The van der Waals surface area contributed by atoms with Crippen molar-refractivity contribution in [2.24, 2.45) is 0 Å². The van der Waals surface area contributed by atoms with Crippen LogP contribution in [0.2, 0.25) is 0 Å². The minimum Gasteiger partial charge on any atom is -0.467 e. The van der Waals surface area contributed by atoms with Crippen LogP contribution in [-0.2, 0) is 4.74 Å². The van der Waals surface area contributed by atoms with Crippen molar-refractivity contribution in [1.82, 2.24) is 19.8 Å². The number of methoxy groups -OCH3 is 1. The summed E-state index contributed by atoms with van der Waals surface area (Å²) in [5.74, 6) is -0.00530. The smallest absolute Gasteiger partial charge is 0.316 e. The molecule has 0 aliphatic carbocycles. The number of rotatable bonds is 3. The fraction of sp³-hybridized carbons (Fsp3) is 0.667. The van der Waals surface area contributed by atoms with Crippen molar-refractivity contribution >= 4 is 5.91 Å². The first-order chi connectivity index (χ1) is 10.8. The van der Waals surface area contributed by atoms with Crippen molar-refractivity contribution in [2.75, 3.05) is 46.5 Å². The lowest BCUT2D eigenvalue weighted by atomic mass is 10.1. The molecule has 0 N–H and O–H groups in total. The number of ether oxygens (including phenoxy) is 2. The minimum absolute atomic E-state index is 0.00530. The number of hydrogen-bond donors (Lipinski definition) is 0. The maximum Gasteiger partial charge on any atom is 0.316 e. The largest absolute Gasteiger partial charge is 0.467 e. The summed E-state index contributed by atoms with van der Waals surface area (Å²) in [4.78, 5) is 24.8. The lowest BCUT2D eigenvalue weighted by molar-refractivity contribution is 0.0137. The Morgan fingerprint density at radius 3 is 2.41 bits per heavy atom. The van der Waals surface area contributed by atoms with Crippen LogP contribution in [0.4, 0.5) is 0 Å². The predicted octanol–water partition coefficient (Wildman–Crippen LogP) is 0.422. The lowest BCUT2D eigenvalue weighted by Gasteiger charge is -2.40. The number of carbonyl (C=O) groups excluding carboxylic acids is 1. The van der Waals surface area contributed by atoms with Gasteiger partial charge < -0.3 is 14.4 Å². The summed E-state index contributed by atoms with van der Waals surface area (Å²) in [6.45, 7) is 5.06. The highest BCUT2D eigenvalue weighted by Crippen LogP contribution is 2.17.